The Hall–Kier alpha value is -0.800. The van der Waals surface area contributed by atoms with E-state index in [-0.39, 0.29) is 0 Å². The number of rotatable bonds is 7. The van der Waals surface area contributed by atoms with Crippen LogP contribution in [0.15, 0.2) is 34.8 Å². The van der Waals surface area contributed by atoms with E-state index in [0.717, 1.165) is 23.3 Å². The number of hydrogen-bond acceptors (Lipinski definition) is 2. The Kier molecular flexibility index (Phi) is 7.06. The molecular weight excluding hydrogens is 290 g/mol. The van der Waals surface area contributed by atoms with E-state index < -0.39 is 0 Å². The van der Waals surface area contributed by atoms with Crippen LogP contribution in [0.2, 0.25) is 0 Å². The average molecular weight is 312 g/mol. The molecule has 0 spiro atoms. The van der Waals surface area contributed by atoms with Crippen LogP contribution in [0.3, 0.4) is 0 Å². The highest BCUT2D eigenvalue weighted by Gasteiger charge is 2.02. The molecule has 0 unspecified atom stereocenters. The van der Waals surface area contributed by atoms with E-state index in [4.69, 9.17) is 4.74 Å². The highest BCUT2D eigenvalue weighted by molar-refractivity contribution is 9.10. The van der Waals surface area contributed by atoms with Crippen LogP contribution in [-0.2, 0) is 6.54 Å². The second-order valence-corrected chi connectivity index (χ2v) is 5.52. The van der Waals surface area contributed by atoms with Crippen LogP contribution in [0.5, 0.6) is 5.75 Å². The van der Waals surface area contributed by atoms with Crippen molar-refractivity contribution in [1.29, 1.82) is 0 Å². The molecule has 0 aliphatic heterocycles. The lowest BCUT2D eigenvalue weighted by Gasteiger charge is -2.10. The number of ether oxygens (including phenoxy) is 1. The van der Waals surface area contributed by atoms with Crippen molar-refractivity contribution in [2.24, 2.45) is 5.92 Å². The monoisotopic (exact) mass is 311 g/mol. The van der Waals surface area contributed by atoms with Crippen molar-refractivity contribution in [1.82, 2.24) is 5.32 Å². The Morgan fingerprint density at radius 2 is 2.17 bits per heavy atom. The van der Waals surface area contributed by atoms with Crippen LogP contribution < -0.4 is 10.1 Å². The lowest BCUT2D eigenvalue weighted by Crippen LogP contribution is -2.18. The third-order valence-electron chi connectivity index (χ3n) is 2.45. The predicted molar refractivity (Wildman–Crippen MR) is 81.0 cm³/mol. The predicted octanol–water partition coefficient (Wildman–Crippen LogP) is 4.15. The van der Waals surface area contributed by atoms with E-state index >= 15 is 0 Å². The summed E-state index contributed by atoms with van der Waals surface area (Å²) in [5, 5.41) is 3.43. The van der Waals surface area contributed by atoms with Gasteiger partial charge >= 0.3 is 0 Å². The van der Waals surface area contributed by atoms with Crippen molar-refractivity contribution in [3.63, 3.8) is 0 Å². The molecule has 0 saturated carbocycles. The van der Waals surface area contributed by atoms with E-state index in [1.54, 1.807) is 0 Å². The molecule has 1 aromatic rings. The van der Waals surface area contributed by atoms with Gasteiger partial charge in [0, 0.05) is 6.54 Å². The fourth-order valence-electron chi connectivity index (χ4n) is 1.51. The highest BCUT2D eigenvalue weighted by atomic mass is 79.9. The molecule has 18 heavy (non-hydrogen) atoms. The van der Waals surface area contributed by atoms with Gasteiger partial charge in [0.1, 0.15) is 12.4 Å². The largest absolute Gasteiger partial charge is 0.488 e. The maximum Gasteiger partial charge on any atom is 0.133 e. The van der Waals surface area contributed by atoms with E-state index in [9.17, 15) is 0 Å². The molecule has 0 fully saturated rings. The van der Waals surface area contributed by atoms with Crippen LogP contribution in [0.4, 0.5) is 0 Å². The third kappa shape index (κ3) is 5.69. The first-order chi connectivity index (χ1) is 8.63. The molecule has 0 aromatic heterocycles. The standard InChI is InChI=1S/C15H22BrNO/c1-4-5-8-18-15-7-6-13(9-14(15)16)11-17-10-12(2)3/h4-7,9,12,17H,8,10-11H2,1-3H3. The molecule has 3 heteroatoms. The van der Waals surface area contributed by atoms with E-state index in [2.05, 4.69) is 47.2 Å². The van der Waals surface area contributed by atoms with Gasteiger partial charge in [-0.15, -0.1) is 0 Å². The molecule has 1 aromatic carbocycles. The van der Waals surface area contributed by atoms with Crippen LogP contribution in [0.25, 0.3) is 0 Å². The molecule has 0 saturated heterocycles. The zero-order valence-electron chi connectivity index (χ0n) is 11.4. The minimum atomic E-state index is 0.611. The summed E-state index contributed by atoms with van der Waals surface area (Å²) in [5.41, 5.74) is 1.26. The van der Waals surface area contributed by atoms with Gasteiger partial charge in [0.25, 0.3) is 0 Å². The summed E-state index contributed by atoms with van der Waals surface area (Å²) < 4.78 is 6.63. The number of halogens is 1. The maximum atomic E-state index is 5.62. The fourth-order valence-corrected chi connectivity index (χ4v) is 2.05. The van der Waals surface area contributed by atoms with Gasteiger partial charge in [-0.05, 0) is 53.0 Å². The Bertz CT molecular complexity index is 388. The lowest BCUT2D eigenvalue weighted by atomic mass is 10.2. The normalized spacial score (nSPS) is 11.4. The molecular formula is C15H22BrNO. The molecule has 0 atom stereocenters. The first-order valence-electron chi connectivity index (χ1n) is 6.36. The van der Waals surface area contributed by atoms with E-state index in [1.807, 2.05) is 25.1 Å². The highest BCUT2D eigenvalue weighted by Crippen LogP contribution is 2.26. The molecule has 1 rings (SSSR count). The van der Waals surface area contributed by atoms with Crippen molar-refractivity contribution in [3.8, 4) is 5.75 Å². The SMILES string of the molecule is CC=CCOc1ccc(CNCC(C)C)cc1Br. The Balaban J connectivity index is 2.50. The Morgan fingerprint density at radius 1 is 1.39 bits per heavy atom. The smallest absolute Gasteiger partial charge is 0.133 e. The zero-order chi connectivity index (χ0) is 13.4. The summed E-state index contributed by atoms with van der Waals surface area (Å²) in [4.78, 5) is 0. The van der Waals surface area contributed by atoms with Gasteiger partial charge in [-0.1, -0.05) is 32.1 Å². The average Bonchev–Trinajstić information content (AvgIpc) is 2.31. The van der Waals surface area contributed by atoms with Gasteiger partial charge in [0.15, 0.2) is 0 Å². The topological polar surface area (TPSA) is 21.3 Å². The van der Waals surface area contributed by atoms with Crippen molar-refractivity contribution in [2.45, 2.75) is 27.3 Å². The zero-order valence-corrected chi connectivity index (χ0v) is 13.0. The summed E-state index contributed by atoms with van der Waals surface area (Å²) in [5.74, 6) is 1.57. The molecule has 0 amide bonds. The van der Waals surface area contributed by atoms with E-state index in [1.165, 1.54) is 5.56 Å². The molecule has 1 N–H and O–H groups in total. The van der Waals surface area contributed by atoms with Gasteiger partial charge in [-0.2, -0.15) is 0 Å². The van der Waals surface area contributed by atoms with Crippen molar-refractivity contribution in [2.75, 3.05) is 13.2 Å². The third-order valence-corrected chi connectivity index (χ3v) is 3.07. The number of hydrogen-bond donors (Lipinski definition) is 1. The van der Waals surface area contributed by atoms with Crippen molar-refractivity contribution >= 4 is 15.9 Å². The van der Waals surface area contributed by atoms with Crippen molar-refractivity contribution in [3.05, 3.63) is 40.4 Å². The number of nitrogens with one attached hydrogen (secondary N) is 1. The van der Waals surface area contributed by atoms with Crippen LogP contribution in [-0.4, -0.2) is 13.2 Å². The Labute approximate surface area is 119 Å². The number of allylic oxidation sites excluding steroid dienone is 1. The first-order valence-corrected chi connectivity index (χ1v) is 7.16. The van der Waals surface area contributed by atoms with Gasteiger partial charge < -0.3 is 10.1 Å². The number of benzene rings is 1. The lowest BCUT2D eigenvalue weighted by molar-refractivity contribution is 0.360. The molecule has 100 valence electrons. The summed E-state index contributed by atoms with van der Waals surface area (Å²) in [6, 6.07) is 6.22. The molecule has 0 bridgehead atoms. The summed E-state index contributed by atoms with van der Waals surface area (Å²) in [6.45, 7) is 8.95. The van der Waals surface area contributed by atoms with Gasteiger partial charge in [0.2, 0.25) is 0 Å². The second-order valence-electron chi connectivity index (χ2n) is 4.67. The second kappa shape index (κ2) is 8.33. The quantitative estimate of drug-likeness (QED) is 0.764. The maximum absolute atomic E-state index is 5.62. The summed E-state index contributed by atoms with van der Waals surface area (Å²) in [7, 11) is 0. The molecule has 0 aliphatic carbocycles. The van der Waals surface area contributed by atoms with E-state index in [0.29, 0.717) is 12.5 Å². The Morgan fingerprint density at radius 3 is 2.78 bits per heavy atom. The van der Waals surface area contributed by atoms with Crippen LogP contribution in [0.1, 0.15) is 26.3 Å². The van der Waals surface area contributed by atoms with Gasteiger partial charge in [-0.3, -0.25) is 0 Å². The molecule has 0 aliphatic rings. The summed E-state index contributed by atoms with van der Waals surface area (Å²) >= 11 is 3.54. The molecule has 0 radical (unpaired) electrons. The van der Waals surface area contributed by atoms with Crippen LogP contribution in [0, 0.1) is 5.92 Å². The van der Waals surface area contributed by atoms with Crippen molar-refractivity contribution < 1.29 is 4.74 Å². The minimum absolute atomic E-state index is 0.611. The molecule has 2 nitrogen and oxygen atoms in total. The first kappa shape index (κ1) is 15.3. The van der Waals surface area contributed by atoms with Gasteiger partial charge in [-0.25, -0.2) is 0 Å². The van der Waals surface area contributed by atoms with Gasteiger partial charge in [0.05, 0.1) is 4.47 Å². The van der Waals surface area contributed by atoms with Crippen LogP contribution >= 0.6 is 15.9 Å². The minimum Gasteiger partial charge on any atom is -0.488 e. The molecule has 0 heterocycles. The fraction of sp³-hybridized carbons (Fsp3) is 0.467. The summed E-state index contributed by atoms with van der Waals surface area (Å²) in [6.07, 6.45) is 3.97.